The standard InChI is InChI=1S/C26H26FN3O6S/c27-17-12-19(21-14-30(26(33)20(21)13-17)22-2-4-24(31)28-25(22)32)15-5-8-29(9-6-15)37(34,35)18-1-3-23-16(11-18)7-10-36-23/h1,3,11-13,15,22H,2,4-10,14H2,(H,28,31,32). The van der Waals surface area contributed by atoms with E-state index >= 15 is 0 Å². The Balaban J connectivity index is 1.21. The Bertz CT molecular complexity index is 1430. The molecule has 11 heteroatoms. The van der Waals surface area contributed by atoms with Crippen molar-refractivity contribution in [2.75, 3.05) is 19.7 Å². The highest BCUT2D eigenvalue weighted by Crippen LogP contribution is 2.39. The Kier molecular flexibility index (Phi) is 5.79. The molecule has 4 heterocycles. The molecule has 9 nitrogen and oxygen atoms in total. The Morgan fingerprint density at radius 3 is 2.54 bits per heavy atom. The van der Waals surface area contributed by atoms with Gasteiger partial charge in [-0.05, 0) is 72.2 Å². The molecule has 1 unspecified atom stereocenters. The van der Waals surface area contributed by atoms with Crippen LogP contribution in [-0.4, -0.2) is 61.1 Å². The second kappa shape index (κ2) is 8.91. The third-order valence-electron chi connectivity index (χ3n) is 7.85. The van der Waals surface area contributed by atoms with Gasteiger partial charge in [0.1, 0.15) is 17.6 Å². The van der Waals surface area contributed by atoms with Gasteiger partial charge in [0.25, 0.3) is 5.91 Å². The maximum absolute atomic E-state index is 14.6. The predicted octanol–water partition coefficient (Wildman–Crippen LogP) is 2.09. The molecule has 0 radical (unpaired) electrons. The number of piperidine rings is 2. The van der Waals surface area contributed by atoms with E-state index in [2.05, 4.69) is 5.32 Å². The van der Waals surface area contributed by atoms with Gasteiger partial charge < -0.3 is 9.64 Å². The van der Waals surface area contributed by atoms with Crippen LogP contribution >= 0.6 is 0 Å². The smallest absolute Gasteiger partial charge is 0.255 e. The molecule has 2 aromatic carbocycles. The van der Waals surface area contributed by atoms with E-state index in [9.17, 15) is 27.2 Å². The number of benzene rings is 2. The first-order valence-corrected chi connectivity index (χ1v) is 13.9. The number of hydrogen-bond donors (Lipinski definition) is 1. The molecule has 4 aliphatic rings. The number of sulfonamides is 1. The van der Waals surface area contributed by atoms with Crippen molar-refractivity contribution in [2.45, 2.75) is 55.5 Å². The van der Waals surface area contributed by atoms with Crippen LogP contribution in [0, 0.1) is 5.82 Å². The molecule has 0 aliphatic carbocycles. The summed E-state index contributed by atoms with van der Waals surface area (Å²) in [6.07, 6.45) is 2.01. The highest BCUT2D eigenvalue weighted by Gasteiger charge is 2.41. The third-order valence-corrected chi connectivity index (χ3v) is 9.74. The summed E-state index contributed by atoms with van der Waals surface area (Å²) in [5, 5.41) is 2.27. The van der Waals surface area contributed by atoms with Gasteiger partial charge in [-0.1, -0.05) is 0 Å². The Morgan fingerprint density at radius 2 is 1.78 bits per heavy atom. The average Bonchev–Trinajstić information content (AvgIpc) is 3.48. The molecule has 1 atom stereocenters. The van der Waals surface area contributed by atoms with Crippen LogP contribution in [0.25, 0.3) is 0 Å². The number of ether oxygens (including phenoxy) is 1. The molecule has 2 saturated heterocycles. The van der Waals surface area contributed by atoms with Gasteiger partial charge in [0.15, 0.2) is 0 Å². The van der Waals surface area contributed by atoms with Crippen molar-refractivity contribution in [1.29, 1.82) is 0 Å². The SMILES string of the molecule is O=C1CCC(N2Cc3c(cc(F)cc3C3CCN(S(=O)(=O)c4ccc5c(c4)CCO5)CC3)C2=O)C(=O)N1. The fraction of sp³-hybridized carbons (Fsp3) is 0.423. The summed E-state index contributed by atoms with van der Waals surface area (Å²) in [4.78, 5) is 38.7. The molecule has 2 aromatic rings. The van der Waals surface area contributed by atoms with Gasteiger partial charge in [0, 0.05) is 38.0 Å². The Labute approximate surface area is 213 Å². The lowest BCUT2D eigenvalue weighted by Gasteiger charge is -2.32. The number of carbonyl (C=O) groups excluding carboxylic acids is 3. The van der Waals surface area contributed by atoms with Crippen LogP contribution in [0.15, 0.2) is 35.2 Å². The maximum Gasteiger partial charge on any atom is 0.255 e. The van der Waals surface area contributed by atoms with E-state index < -0.39 is 33.7 Å². The molecular weight excluding hydrogens is 501 g/mol. The van der Waals surface area contributed by atoms with E-state index in [1.807, 2.05) is 0 Å². The second-order valence-electron chi connectivity index (χ2n) is 9.97. The normalized spacial score (nSPS) is 22.6. The molecule has 6 rings (SSSR count). The van der Waals surface area contributed by atoms with Crippen molar-refractivity contribution in [2.24, 2.45) is 0 Å². The quantitative estimate of drug-likeness (QED) is 0.610. The predicted molar refractivity (Wildman–Crippen MR) is 129 cm³/mol. The van der Waals surface area contributed by atoms with Crippen molar-refractivity contribution in [1.82, 2.24) is 14.5 Å². The second-order valence-corrected chi connectivity index (χ2v) is 11.9. The lowest BCUT2D eigenvalue weighted by molar-refractivity contribution is -0.136. The zero-order chi connectivity index (χ0) is 25.9. The molecule has 2 fully saturated rings. The maximum atomic E-state index is 14.6. The summed E-state index contributed by atoms with van der Waals surface area (Å²) >= 11 is 0. The molecule has 0 bridgehead atoms. The van der Waals surface area contributed by atoms with E-state index in [4.69, 9.17) is 4.74 Å². The van der Waals surface area contributed by atoms with Crippen molar-refractivity contribution >= 4 is 27.7 Å². The van der Waals surface area contributed by atoms with Crippen molar-refractivity contribution in [3.63, 3.8) is 0 Å². The van der Waals surface area contributed by atoms with Crippen LogP contribution < -0.4 is 10.1 Å². The molecule has 0 spiro atoms. The number of amides is 3. The average molecular weight is 528 g/mol. The van der Waals surface area contributed by atoms with Crippen LogP contribution in [0.3, 0.4) is 0 Å². The first-order valence-electron chi connectivity index (χ1n) is 12.5. The van der Waals surface area contributed by atoms with Gasteiger partial charge in [-0.15, -0.1) is 0 Å². The zero-order valence-corrected chi connectivity index (χ0v) is 20.9. The fourth-order valence-electron chi connectivity index (χ4n) is 5.90. The van der Waals surface area contributed by atoms with E-state index in [1.165, 1.54) is 21.3 Å². The van der Waals surface area contributed by atoms with E-state index in [1.54, 1.807) is 18.2 Å². The highest BCUT2D eigenvalue weighted by molar-refractivity contribution is 7.89. The number of nitrogens with zero attached hydrogens (tertiary/aromatic N) is 2. The third kappa shape index (κ3) is 4.10. The van der Waals surface area contributed by atoms with Gasteiger partial charge in [-0.25, -0.2) is 12.8 Å². The van der Waals surface area contributed by atoms with Crippen molar-refractivity contribution in [3.05, 3.63) is 58.4 Å². The lowest BCUT2D eigenvalue weighted by atomic mass is 9.86. The summed E-state index contributed by atoms with van der Waals surface area (Å²) in [6, 6.07) is 6.79. The fourth-order valence-corrected chi connectivity index (χ4v) is 7.42. The Hall–Kier alpha value is -3.31. The summed E-state index contributed by atoms with van der Waals surface area (Å²) in [5.74, 6) is -1.26. The number of halogens is 1. The number of imide groups is 1. The van der Waals surface area contributed by atoms with Crippen LogP contribution in [-0.2, 0) is 32.6 Å². The molecule has 0 saturated carbocycles. The molecule has 3 amide bonds. The van der Waals surface area contributed by atoms with Gasteiger partial charge in [-0.3, -0.25) is 19.7 Å². The molecule has 0 aromatic heterocycles. The van der Waals surface area contributed by atoms with Crippen molar-refractivity contribution < 1.29 is 31.9 Å². The number of fused-ring (bicyclic) bond motifs is 2. The van der Waals surface area contributed by atoms with E-state index in [0.29, 0.717) is 37.0 Å². The van der Waals surface area contributed by atoms with E-state index in [-0.39, 0.29) is 54.8 Å². The summed E-state index contributed by atoms with van der Waals surface area (Å²) < 4.78 is 48.2. The topological polar surface area (TPSA) is 113 Å². The van der Waals surface area contributed by atoms with Crippen molar-refractivity contribution in [3.8, 4) is 5.75 Å². The number of hydrogen-bond acceptors (Lipinski definition) is 6. The first kappa shape index (κ1) is 24.1. The zero-order valence-electron chi connectivity index (χ0n) is 20.0. The number of carbonyl (C=O) groups is 3. The molecular formula is C26H26FN3O6S. The summed E-state index contributed by atoms with van der Waals surface area (Å²) in [6.45, 7) is 1.25. The monoisotopic (exact) mass is 527 g/mol. The minimum absolute atomic E-state index is 0.126. The lowest BCUT2D eigenvalue weighted by Crippen LogP contribution is -2.52. The van der Waals surface area contributed by atoms with Crippen LogP contribution in [0.5, 0.6) is 5.75 Å². The number of rotatable bonds is 4. The number of nitrogens with one attached hydrogen (secondary N) is 1. The van der Waals surface area contributed by atoms with Crippen LogP contribution in [0.1, 0.15) is 58.6 Å². The van der Waals surface area contributed by atoms with Gasteiger partial charge in [-0.2, -0.15) is 4.31 Å². The largest absolute Gasteiger partial charge is 0.493 e. The van der Waals surface area contributed by atoms with Gasteiger partial charge >= 0.3 is 0 Å². The molecule has 4 aliphatic heterocycles. The molecule has 1 N–H and O–H groups in total. The van der Waals surface area contributed by atoms with Gasteiger partial charge in [0.2, 0.25) is 21.8 Å². The van der Waals surface area contributed by atoms with Crippen LogP contribution in [0.2, 0.25) is 0 Å². The molecule has 194 valence electrons. The minimum Gasteiger partial charge on any atom is -0.493 e. The van der Waals surface area contributed by atoms with Crippen LogP contribution in [0.4, 0.5) is 4.39 Å². The minimum atomic E-state index is -3.68. The summed E-state index contributed by atoms with van der Waals surface area (Å²) in [7, 11) is -3.68. The summed E-state index contributed by atoms with van der Waals surface area (Å²) in [5.41, 5.74) is 2.48. The first-order chi connectivity index (χ1) is 17.7. The van der Waals surface area contributed by atoms with Gasteiger partial charge in [0.05, 0.1) is 11.5 Å². The highest BCUT2D eigenvalue weighted by atomic mass is 32.2. The Morgan fingerprint density at radius 1 is 1.00 bits per heavy atom. The molecule has 37 heavy (non-hydrogen) atoms. The van der Waals surface area contributed by atoms with E-state index in [0.717, 1.165) is 11.3 Å².